The molecule has 2 aliphatic rings. The smallest absolute Gasteiger partial charge is 0.235 e. The third kappa shape index (κ3) is 5.11. The summed E-state index contributed by atoms with van der Waals surface area (Å²) in [5.74, 6) is 1.77. The molecule has 0 saturated carbocycles. The lowest BCUT2D eigenvalue weighted by atomic mass is 10.1. The molecule has 6 heteroatoms. The van der Waals surface area contributed by atoms with Crippen molar-refractivity contribution in [3.63, 3.8) is 0 Å². The molecule has 2 aliphatic heterocycles. The molecule has 0 aliphatic carbocycles. The van der Waals surface area contributed by atoms with E-state index in [4.69, 9.17) is 9.47 Å². The van der Waals surface area contributed by atoms with Crippen LogP contribution in [-0.4, -0.2) is 61.4 Å². The van der Waals surface area contributed by atoms with Crippen LogP contribution in [0.2, 0.25) is 0 Å². The molecule has 2 heterocycles. The number of nitrogens with one attached hydrogen (secondary N) is 1. The lowest BCUT2D eigenvalue weighted by Gasteiger charge is -2.29. The van der Waals surface area contributed by atoms with Gasteiger partial charge in [-0.25, -0.2) is 0 Å². The average molecular weight is 361 g/mol. The van der Waals surface area contributed by atoms with Crippen molar-refractivity contribution in [2.45, 2.75) is 45.6 Å². The monoisotopic (exact) mass is 361 g/mol. The fourth-order valence-corrected chi connectivity index (χ4v) is 3.68. The lowest BCUT2D eigenvalue weighted by molar-refractivity contribution is -0.123. The van der Waals surface area contributed by atoms with E-state index in [0.29, 0.717) is 26.0 Å². The van der Waals surface area contributed by atoms with E-state index in [-0.39, 0.29) is 5.91 Å². The Hall–Kier alpha value is -1.79. The maximum Gasteiger partial charge on any atom is 0.235 e. The molecule has 144 valence electrons. The number of likely N-dealkylation sites (tertiary alicyclic amines) is 1. The van der Waals surface area contributed by atoms with Gasteiger partial charge in [-0.05, 0) is 63.5 Å². The number of amides is 1. The first-order chi connectivity index (χ1) is 12.7. The fraction of sp³-hybridized carbons (Fsp3) is 0.650. The van der Waals surface area contributed by atoms with Crippen molar-refractivity contribution in [1.82, 2.24) is 15.1 Å². The SMILES string of the molecule is CCN(CNC(=O)CN1CCCCC1)C(C)Cc1ccc2c(c1)OCO2. The van der Waals surface area contributed by atoms with Gasteiger partial charge in [-0.15, -0.1) is 0 Å². The Kier molecular flexibility index (Phi) is 6.74. The summed E-state index contributed by atoms with van der Waals surface area (Å²) in [5, 5.41) is 3.09. The normalized spacial score (nSPS) is 18.1. The largest absolute Gasteiger partial charge is 0.454 e. The van der Waals surface area contributed by atoms with Gasteiger partial charge in [0.05, 0.1) is 13.2 Å². The van der Waals surface area contributed by atoms with Gasteiger partial charge >= 0.3 is 0 Å². The molecule has 3 rings (SSSR count). The highest BCUT2D eigenvalue weighted by atomic mass is 16.7. The van der Waals surface area contributed by atoms with E-state index in [9.17, 15) is 4.79 Å². The lowest BCUT2D eigenvalue weighted by Crippen LogP contribution is -2.46. The van der Waals surface area contributed by atoms with Gasteiger partial charge in [-0.1, -0.05) is 19.4 Å². The number of hydrogen-bond acceptors (Lipinski definition) is 5. The Bertz CT molecular complexity index is 602. The molecule has 0 bridgehead atoms. The van der Waals surface area contributed by atoms with Crippen LogP contribution in [-0.2, 0) is 11.2 Å². The molecule has 1 N–H and O–H groups in total. The number of rotatable bonds is 8. The van der Waals surface area contributed by atoms with Crippen molar-refractivity contribution >= 4 is 5.91 Å². The first kappa shape index (κ1) is 19.0. The minimum atomic E-state index is 0.126. The summed E-state index contributed by atoms with van der Waals surface area (Å²) < 4.78 is 10.8. The summed E-state index contributed by atoms with van der Waals surface area (Å²) in [6.45, 7) is 8.74. The Morgan fingerprint density at radius 1 is 1.23 bits per heavy atom. The number of ether oxygens (including phenoxy) is 2. The Labute approximate surface area is 156 Å². The molecule has 6 nitrogen and oxygen atoms in total. The minimum absolute atomic E-state index is 0.126. The third-order valence-electron chi connectivity index (χ3n) is 5.29. The minimum Gasteiger partial charge on any atom is -0.454 e. The van der Waals surface area contributed by atoms with E-state index in [1.54, 1.807) is 0 Å². The second-order valence-electron chi connectivity index (χ2n) is 7.24. The zero-order valence-electron chi connectivity index (χ0n) is 16.0. The van der Waals surface area contributed by atoms with Gasteiger partial charge in [0.1, 0.15) is 0 Å². The van der Waals surface area contributed by atoms with Crippen LogP contribution in [0, 0.1) is 0 Å². The summed E-state index contributed by atoms with van der Waals surface area (Å²) in [6, 6.07) is 6.45. The number of piperidine rings is 1. The highest BCUT2D eigenvalue weighted by molar-refractivity contribution is 5.77. The molecule has 1 aromatic carbocycles. The van der Waals surface area contributed by atoms with Crippen molar-refractivity contribution in [3.8, 4) is 11.5 Å². The van der Waals surface area contributed by atoms with Gasteiger partial charge in [-0.3, -0.25) is 14.6 Å². The van der Waals surface area contributed by atoms with E-state index in [1.807, 2.05) is 6.07 Å². The molecule has 0 radical (unpaired) electrons. The number of benzene rings is 1. The zero-order valence-corrected chi connectivity index (χ0v) is 16.0. The van der Waals surface area contributed by atoms with Crippen LogP contribution in [0.15, 0.2) is 18.2 Å². The van der Waals surface area contributed by atoms with Crippen LogP contribution in [0.5, 0.6) is 11.5 Å². The Morgan fingerprint density at radius 3 is 2.77 bits per heavy atom. The predicted octanol–water partition coefficient (Wildman–Crippen LogP) is 2.23. The van der Waals surface area contributed by atoms with Crippen LogP contribution in [0.1, 0.15) is 38.7 Å². The molecule has 1 unspecified atom stereocenters. The number of carbonyl (C=O) groups is 1. The van der Waals surface area contributed by atoms with Crippen LogP contribution in [0.25, 0.3) is 0 Å². The molecule has 1 amide bonds. The van der Waals surface area contributed by atoms with Crippen LogP contribution >= 0.6 is 0 Å². The molecular weight excluding hydrogens is 330 g/mol. The Balaban J connectivity index is 1.45. The van der Waals surface area contributed by atoms with Crippen LogP contribution < -0.4 is 14.8 Å². The molecule has 1 atom stereocenters. The number of likely N-dealkylation sites (N-methyl/N-ethyl adjacent to an activating group) is 1. The first-order valence-electron chi connectivity index (χ1n) is 9.77. The molecule has 1 saturated heterocycles. The fourth-order valence-electron chi connectivity index (χ4n) is 3.68. The molecule has 0 aromatic heterocycles. The van der Waals surface area contributed by atoms with E-state index in [0.717, 1.165) is 37.6 Å². The maximum atomic E-state index is 12.2. The van der Waals surface area contributed by atoms with Crippen molar-refractivity contribution in [1.29, 1.82) is 0 Å². The van der Waals surface area contributed by atoms with Crippen molar-refractivity contribution in [2.24, 2.45) is 0 Å². The molecule has 26 heavy (non-hydrogen) atoms. The molecule has 0 spiro atoms. The van der Waals surface area contributed by atoms with Crippen LogP contribution in [0.4, 0.5) is 0 Å². The second kappa shape index (κ2) is 9.24. The number of hydrogen-bond donors (Lipinski definition) is 1. The van der Waals surface area contributed by atoms with Gasteiger partial charge in [0.2, 0.25) is 12.7 Å². The quantitative estimate of drug-likeness (QED) is 0.720. The van der Waals surface area contributed by atoms with Gasteiger partial charge in [0, 0.05) is 6.04 Å². The highest BCUT2D eigenvalue weighted by Gasteiger charge is 2.18. The number of carbonyl (C=O) groups excluding carboxylic acids is 1. The van der Waals surface area contributed by atoms with E-state index < -0.39 is 0 Å². The summed E-state index contributed by atoms with van der Waals surface area (Å²) in [7, 11) is 0. The summed E-state index contributed by atoms with van der Waals surface area (Å²) in [5.41, 5.74) is 1.22. The standard InChI is InChI=1S/C20H31N3O3/c1-3-23(14-21-20(24)13-22-9-5-4-6-10-22)16(2)11-17-7-8-18-19(12-17)26-15-25-18/h7-8,12,16H,3-6,9-11,13-15H2,1-2H3,(H,21,24). The topological polar surface area (TPSA) is 54.0 Å². The average Bonchev–Trinajstić information content (AvgIpc) is 3.11. The van der Waals surface area contributed by atoms with E-state index in [1.165, 1.54) is 24.8 Å². The summed E-state index contributed by atoms with van der Waals surface area (Å²) >= 11 is 0. The number of fused-ring (bicyclic) bond motifs is 1. The highest BCUT2D eigenvalue weighted by Crippen LogP contribution is 2.32. The van der Waals surface area contributed by atoms with Gasteiger partial charge in [0.25, 0.3) is 0 Å². The van der Waals surface area contributed by atoms with Crippen molar-refractivity contribution in [2.75, 3.05) is 39.6 Å². The molecular formula is C20H31N3O3. The summed E-state index contributed by atoms with van der Waals surface area (Å²) in [6.07, 6.45) is 4.62. The third-order valence-corrected chi connectivity index (χ3v) is 5.29. The second-order valence-corrected chi connectivity index (χ2v) is 7.24. The summed E-state index contributed by atoms with van der Waals surface area (Å²) in [4.78, 5) is 16.8. The predicted molar refractivity (Wildman–Crippen MR) is 101 cm³/mol. The first-order valence-corrected chi connectivity index (χ1v) is 9.77. The zero-order chi connectivity index (χ0) is 18.4. The number of nitrogens with zero attached hydrogens (tertiary/aromatic N) is 2. The molecule has 1 aromatic rings. The maximum absolute atomic E-state index is 12.2. The van der Waals surface area contributed by atoms with E-state index in [2.05, 4.69) is 41.1 Å². The van der Waals surface area contributed by atoms with Crippen LogP contribution in [0.3, 0.4) is 0 Å². The van der Waals surface area contributed by atoms with Crippen molar-refractivity contribution < 1.29 is 14.3 Å². The Morgan fingerprint density at radius 2 is 2.00 bits per heavy atom. The van der Waals surface area contributed by atoms with Gasteiger partial charge < -0.3 is 14.8 Å². The van der Waals surface area contributed by atoms with E-state index >= 15 is 0 Å². The van der Waals surface area contributed by atoms with Crippen molar-refractivity contribution in [3.05, 3.63) is 23.8 Å². The van der Waals surface area contributed by atoms with Gasteiger partial charge in [0.15, 0.2) is 11.5 Å². The van der Waals surface area contributed by atoms with Gasteiger partial charge in [-0.2, -0.15) is 0 Å². The molecule has 1 fully saturated rings.